The Morgan fingerprint density at radius 3 is 2.45 bits per heavy atom. The summed E-state index contributed by atoms with van der Waals surface area (Å²) in [5.74, 6) is 0.612. The van der Waals surface area contributed by atoms with Gasteiger partial charge in [-0.05, 0) is 18.4 Å². The SMILES string of the molecule is Cc1ccc(CC(=O)NCC(C(C)C)N2CCOCC2)cc1. The molecule has 1 aliphatic rings. The topological polar surface area (TPSA) is 41.6 Å². The van der Waals surface area contributed by atoms with Crippen LogP contribution in [0.2, 0.25) is 0 Å². The van der Waals surface area contributed by atoms with Gasteiger partial charge in [0.05, 0.1) is 19.6 Å². The Morgan fingerprint density at radius 2 is 1.86 bits per heavy atom. The van der Waals surface area contributed by atoms with Crippen molar-refractivity contribution in [1.29, 1.82) is 0 Å². The van der Waals surface area contributed by atoms with Crippen molar-refractivity contribution in [2.24, 2.45) is 5.92 Å². The number of benzene rings is 1. The van der Waals surface area contributed by atoms with Gasteiger partial charge in [-0.3, -0.25) is 9.69 Å². The van der Waals surface area contributed by atoms with Crippen molar-refractivity contribution in [2.75, 3.05) is 32.8 Å². The third-order valence-electron chi connectivity index (χ3n) is 4.28. The molecule has 0 radical (unpaired) electrons. The van der Waals surface area contributed by atoms with Gasteiger partial charge in [-0.15, -0.1) is 0 Å². The van der Waals surface area contributed by atoms with Gasteiger partial charge in [-0.25, -0.2) is 0 Å². The minimum Gasteiger partial charge on any atom is -0.379 e. The lowest BCUT2D eigenvalue weighted by Crippen LogP contribution is -2.51. The zero-order chi connectivity index (χ0) is 15.9. The minimum absolute atomic E-state index is 0.0998. The van der Waals surface area contributed by atoms with Crippen LogP contribution in [0, 0.1) is 12.8 Å². The first kappa shape index (κ1) is 17.0. The second-order valence-corrected chi connectivity index (χ2v) is 6.43. The number of nitrogens with zero attached hydrogens (tertiary/aromatic N) is 1. The number of ether oxygens (including phenoxy) is 1. The fraction of sp³-hybridized carbons (Fsp3) is 0.611. The van der Waals surface area contributed by atoms with E-state index < -0.39 is 0 Å². The van der Waals surface area contributed by atoms with Crippen molar-refractivity contribution in [3.8, 4) is 0 Å². The highest BCUT2D eigenvalue weighted by molar-refractivity contribution is 5.78. The van der Waals surface area contributed by atoms with Gasteiger partial charge in [0.2, 0.25) is 5.91 Å². The van der Waals surface area contributed by atoms with Gasteiger partial charge in [-0.1, -0.05) is 43.7 Å². The molecule has 0 spiro atoms. The van der Waals surface area contributed by atoms with E-state index in [0.717, 1.165) is 31.9 Å². The van der Waals surface area contributed by atoms with Crippen LogP contribution in [0.15, 0.2) is 24.3 Å². The van der Waals surface area contributed by atoms with E-state index in [1.807, 2.05) is 24.3 Å². The molecular weight excluding hydrogens is 276 g/mol. The van der Waals surface area contributed by atoms with Gasteiger partial charge >= 0.3 is 0 Å². The standard InChI is InChI=1S/C18H28N2O2/c1-14(2)17(20-8-10-22-11-9-20)13-19-18(21)12-16-6-4-15(3)5-7-16/h4-7,14,17H,8-13H2,1-3H3,(H,19,21). The van der Waals surface area contributed by atoms with Gasteiger partial charge in [0.1, 0.15) is 0 Å². The molecule has 1 atom stereocenters. The molecule has 1 saturated heterocycles. The summed E-state index contributed by atoms with van der Waals surface area (Å²) >= 11 is 0. The summed E-state index contributed by atoms with van der Waals surface area (Å²) in [5.41, 5.74) is 2.28. The highest BCUT2D eigenvalue weighted by Gasteiger charge is 2.24. The molecule has 4 nitrogen and oxygen atoms in total. The molecule has 1 amide bonds. The normalized spacial score (nSPS) is 17.5. The van der Waals surface area contributed by atoms with Gasteiger partial charge in [0.25, 0.3) is 0 Å². The van der Waals surface area contributed by atoms with Crippen LogP contribution >= 0.6 is 0 Å². The summed E-state index contributed by atoms with van der Waals surface area (Å²) in [6.07, 6.45) is 0.453. The van der Waals surface area contributed by atoms with Crippen molar-refractivity contribution in [1.82, 2.24) is 10.2 Å². The largest absolute Gasteiger partial charge is 0.379 e. The Hall–Kier alpha value is -1.39. The summed E-state index contributed by atoms with van der Waals surface area (Å²) in [4.78, 5) is 14.6. The number of amides is 1. The van der Waals surface area contributed by atoms with E-state index in [4.69, 9.17) is 4.74 Å². The Morgan fingerprint density at radius 1 is 1.23 bits per heavy atom. The zero-order valence-electron chi connectivity index (χ0n) is 14.0. The zero-order valence-corrected chi connectivity index (χ0v) is 14.0. The van der Waals surface area contributed by atoms with Crippen LogP contribution in [0.3, 0.4) is 0 Å². The van der Waals surface area contributed by atoms with Crippen molar-refractivity contribution in [3.63, 3.8) is 0 Å². The van der Waals surface area contributed by atoms with Crippen LogP contribution in [0.1, 0.15) is 25.0 Å². The van der Waals surface area contributed by atoms with Crippen molar-refractivity contribution in [3.05, 3.63) is 35.4 Å². The second kappa shape index (κ2) is 8.30. The maximum atomic E-state index is 12.2. The molecule has 122 valence electrons. The van der Waals surface area contributed by atoms with Gasteiger partial charge in [-0.2, -0.15) is 0 Å². The number of aryl methyl sites for hydroxylation is 1. The third-order valence-corrected chi connectivity index (χ3v) is 4.28. The van der Waals surface area contributed by atoms with Crippen LogP contribution < -0.4 is 5.32 Å². The fourth-order valence-corrected chi connectivity index (χ4v) is 2.87. The number of hydrogen-bond acceptors (Lipinski definition) is 3. The van der Waals surface area contributed by atoms with E-state index in [1.54, 1.807) is 0 Å². The average molecular weight is 304 g/mol. The first-order valence-corrected chi connectivity index (χ1v) is 8.20. The summed E-state index contributed by atoms with van der Waals surface area (Å²) in [6.45, 7) is 10.7. The van der Waals surface area contributed by atoms with E-state index in [-0.39, 0.29) is 5.91 Å². The predicted octanol–water partition coefficient (Wildman–Crippen LogP) is 2.01. The minimum atomic E-state index is 0.0998. The highest BCUT2D eigenvalue weighted by atomic mass is 16.5. The molecule has 4 heteroatoms. The van der Waals surface area contributed by atoms with Crippen LogP contribution in [0.5, 0.6) is 0 Å². The van der Waals surface area contributed by atoms with Crippen molar-refractivity contribution < 1.29 is 9.53 Å². The molecule has 1 N–H and O–H groups in total. The molecule has 1 unspecified atom stereocenters. The predicted molar refractivity (Wildman–Crippen MR) is 88.9 cm³/mol. The van der Waals surface area contributed by atoms with Gasteiger partial charge < -0.3 is 10.1 Å². The van der Waals surface area contributed by atoms with E-state index in [1.165, 1.54) is 5.56 Å². The Labute approximate surface area is 133 Å². The molecule has 22 heavy (non-hydrogen) atoms. The van der Waals surface area contributed by atoms with Gasteiger partial charge in [0, 0.05) is 25.7 Å². The highest BCUT2D eigenvalue weighted by Crippen LogP contribution is 2.12. The third kappa shape index (κ3) is 5.11. The smallest absolute Gasteiger partial charge is 0.224 e. The quantitative estimate of drug-likeness (QED) is 0.874. The summed E-state index contributed by atoms with van der Waals surface area (Å²) in [5, 5.41) is 3.10. The molecule has 0 aliphatic carbocycles. The Bertz CT molecular complexity index is 464. The first-order valence-electron chi connectivity index (χ1n) is 8.20. The number of morpholine rings is 1. The Kier molecular flexibility index (Phi) is 6.40. The molecule has 1 heterocycles. The number of rotatable bonds is 6. The molecule has 1 aromatic carbocycles. The molecule has 1 aliphatic heterocycles. The van der Waals surface area contributed by atoms with E-state index in [9.17, 15) is 4.79 Å². The molecular formula is C18H28N2O2. The molecule has 0 aromatic heterocycles. The monoisotopic (exact) mass is 304 g/mol. The number of hydrogen-bond donors (Lipinski definition) is 1. The van der Waals surface area contributed by atoms with Crippen LogP contribution in [-0.4, -0.2) is 49.7 Å². The van der Waals surface area contributed by atoms with Crippen LogP contribution in [0.4, 0.5) is 0 Å². The molecule has 1 fully saturated rings. The van der Waals surface area contributed by atoms with Crippen molar-refractivity contribution >= 4 is 5.91 Å². The number of carbonyl (C=O) groups is 1. The Balaban J connectivity index is 1.83. The lowest BCUT2D eigenvalue weighted by Gasteiger charge is -2.36. The lowest BCUT2D eigenvalue weighted by atomic mass is 10.0. The maximum absolute atomic E-state index is 12.2. The number of nitrogens with one attached hydrogen (secondary N) is 1. The van der Waals surface area contributed by atoms with E-state index in [0.29, 0.717) is 24.9 Å². The van der Waals surface area contributed by atoms with Crippen LogP contribution in [0.25, 0.3) is 0 Å². The van der Waals surface area contributed by atoms with Crippen LogP contribution in [-0.2, 0) is 16.0 Å². The average Bonchev–Trinajstić information content (AvgIpc) is 2.50. The van der Waals surface area contributed by atoms with E-state index in [2.05, 4.69) is 31.0 Å². The first-order chi connectivity index (χ1) is 10.6. The molecule has 0 bridgehead atoms. The summed E-state index contributed by atoms with van der Waals surface area (Å²) in [6, 6.07) is 8.53. The second-order valence-electron chi connectivity index (χ2n) is 6.43. The number of carbonyl (C=O) groups excluding carboxylic acids is 1. The molecule has 1 aromatic rings. The van der Waals surface area contributed by atoms with Crippen molar-refractivity contribution in [2.45, 2.75) is 33.2 Å². The van der Waals surface area contributed by atoms with Gasteiger partial charge in [0.15, 0.2) is 0 Å². The fourth-order valence-electron chi connectivity index (χ4n) is 2.87. The lowest BCUT2D eigenvalue weighted by molar-refractivity contribution is -0.120. The molecule has 2 rings (SSSR count). The van der Waals surface area contributed by atoms with E-state index >= 15 is 0 Å². The maximum Gasteiger partial charge on any atom is 0.224 e. The molecule has 0 saturated carbocycles. The summed E-state index contributed by atoms with van der Waals surface area (Å²) < 4.78 is 5.41. The summed E-state index contributed by atoms with van der Waals surface area (Å²) in [7, 11) is 0.